The maximum Gasteiger partial charge on any atom is 0.0446 e. The van der Waals surface area contributed by atoms with Crippen LogP contribution in [0, 0.1) is 0 Å². The lowest BCUT2D eigenvalue weighted by molar-refractivity contribution is 0.262. The van der Waals surface area contributed by atoms with Crippen LogP contribution in [0.5, 0.6) is 0 Å². The van der Waals surface area contributed by atoms with Gasteiger partial charge in [0.2, 0.25) is 0 Å². The van der Waals surface area contributed by atoms with E-state index in [2.05, 4.69) is 23.3 Å². The SMILES string of the molecule is CSCC(CCO)NC1CCSCC1. The fourth-order valence-electron chi connectivity index (χ4n) is 1.77. The van der Waals surface area contributed by atoms with Gasteiger partial charge >= 0.3 is 0 Å². The number of rotatable bonds is 6. The lowest BCUT2D eigenvalue weighted by Gasteiger charge is -2.27. The fourth-order valence-corrected chi connectivity index (χ4v) is 3.54. The molecule has 0 amide bonds. The Bertz CT molecular complexity index is 134. The molecule has 2 N–H and O–H groups in total. The molecule has 0 saturated carbocycles. The number of aliphatic hydroxyl groups is 1. The molecule has 1 rings (SSSR count). The monoisotopic (exact) mass is 235 g/mol. The highest BCUT2D eigenvalue weighted by Crippen LogP contribution is 2.18. The molecule has 1 atom stereocenters. The zero-order valence-electron chi connectivity index (χ0n) is 8.87. The van der Waals surface area contributed by atoms with Crippen molar-refractivity contribution in [3.8, 4) is 0 Å². The topological polar surface area (TPSA) is 32.3 Å². The zero-order valence-corrected chi connectivity index (χ0v) is 10.5. The van der Waals surface area contributed by atoms with Gasteiger partial charge in [-0.1, -0.05) is 0 Å². The molecule has 2 nitrogen and oxygen atoms in total. The Morgan fingerprint density at radius 3 is 2.79 bits per heavy atom. The smallest absolute Gasteiger partial charge is 0.0446 e. The van der Waals surface area contributed by atoms with Gasteiger partial charge < -0.3 is 10.4 Å². The third-order valence-electron chi connectivity index (χ3n) is 2.54. The van der Waals surface area contributed by atoms with Crippen LogP contribution in [0.1, 0.15) is 19.3 Å². The fraction of sp³-hybridized carbons (Fsp3) is 1.00. The molecule has 1 aliphatic rings. The third kappa shape index (κ3) is 4.91. The first kappa shape index (κ1) is 12.7. The lowest BCUT2D eigenvalue weighted by Crippen LogP contribution is -2.42. The lowest BCUT2D eigenvalue weighted by atomic mass is 10.1. The highest BCUT2D eigenvalue weighted by atomic mass is 32.2. The molecule has 0 aliphatic carbocycles. The van der Waals surface area contributed by atoms with Crippen molar-refractivity contribution in [2.45, 2.75) is 31.3 Å². The number of hydrogen-bond donors (Lipinski definition) is 2. The van der Waals surface area contributed by atoms with E-state index in [-0.39, 0.29) is 0 Å². The normalized spacial score (nSPS) is 21.0. The van der Waals surface area contributed by atoms with Gasteiger partial charge in [0.1, 0.15) is 0 Å². The van der Waals surface area contributed by atoms with Crippen LogP contribution < -0.4 is 5.32 Å². The molecule has 0 radical (unpaired) electrons. The van der Waals surface area contributed by atoms with Crippen LogP contribution >= 0.6 is 23.5 Å². The number of nitrogens with one attached hydrogen (secondary N) is 1. The largest absolute Gasteiger partial charge is 0.396 e. The summed E-state index contributed by atoms with van der Waals surface area (Å²) in [4.78, 5) is 0. The van der Waals surface area contributed by atoms with E-state index in [9.17, 15) is 0 Å². The van der Waals surface area contributed by atoms with Crippen LogP contribution in [0.4, 0.5) is 0 Å². The second-order valence-corrected chi connectivity index (χ2v) is 5.85. The van der Waals surface area contributed by atoms with Gasteiger partial charge in [0.05, 0.1) is 0 Å². The van der Waals surface area contributed by atoms with Gasteiger partial charge in [-0.25, -0.2) is 0 Å². The van der Waals surface area contributed by atoms with Crippen LogP contribution in [0.25, 0.3) is 0 Å². The summed E-state index contributed by atoms with van der Waals surface area (Å²) in [6.07, 6.45) is 5.61. The molecule has 0 aromatic carbocycles. The Morgan fingerprint density at radius 2 is 2.21 bits per heavy atom. The highest BCUT2D eigenvalue weighted by Gasteiger charge is 2.17. The first-order valence-corrected chi connectivity index (χ1v) is 7.85. The van der Waals surface area contributed by atoms with E-state index >= 15 is 0 Å². The van der Waals surface area contributed by atoms with E-state index in [0.717, 1.165) is 12.2 Å². The number of thioether (sulfide) groups is 2. The van der Waals surface area contributed by atoms with E-state index in [1.165, 1.54) is 24.3 Å². The van der Waals surface area contributed by atoms with Gasteiger partial charge in [-0.15, -0.1) is 0 Å². The average molecular weight is 235 g/mol. The first-order chi connectivity index (χ1) is 6.86. The predicted molar refractivity (Wildman–Crippen MR) is 67.4 cm³/mol. The van der Waals surface area contributed by atoms with Gasteiger partial charge in [0.25, 0.3) is 0 Å². The van der Waals surface area contributed by atoms with Crippen LogP contribution in [-0.2, 0) is 0 Å². The molecule has 0 bridgehead atoms. The van der Waals surface area contributed by atoms with Crippen LogP contribution in [0.2, 0.25) is 0 Å². The predicted octanol–water partition coefficient (Wildman–Crippen LogP) is 1.59. The van der Waals surface area contributed by atoms with Crippen molar-refractivity contribution in [2.75, 3.05) is 30.1 Å². The molecule has 1 saturated heterocycles. The van der Waals surface area contributed by atoms with Crippen molar-refractivity contribution in [1.82, 2.24) is 5.32 Å². The first-order valence-electron chi connectivity index (χ1n) is 5.30. The maximum absolute atomic E-state index is 8.94. The second-order valence-electron chi connectivity index (χ2n) is 3.72. The van der Waals surface area contributed by atoms with E-state index < -0.39 is 0 Å². The van der Waals surface area contributed by atoms with Crippen molar-refractivity contribution < 1.29 is 5.11 Å². The minimum atomic E-state index is 0.305. The van der Waals surface area contributed by atoms with Gasteiger partial charge in [-0.3, -0.25) is 0 Å². The van der Waals surface area contributed by atoms with Crippen molar-refractivity contribution >= 4 is 23.5 Å². The quantitative estimate of drug-likeness (QED) is 0.732. The summed E-state index contributed by atoms with van der Waals surface area (Å²) in [6, 6.07) is 1.20. The summed E-state index contributed by atoms with van der Waals surface area (Å²) in [5.41, 5.74) is 0. The van der Waals surface area contributed by atoms with Crippen molar-refractivity contribution in [3.63, 3.8) is 0 Å². The Balaban J connectivity index is 2.21. The Kier molecular flexibility index (Phi) is 7.12. The van der Waals surface area contributed by atoms with Crippen molar-refractivity contribution in [1.29, 1.82) is 0 Å². The molecule has 1 fully saturated rings. The molecule has 1 heterocycles. The summed E-state index contributed by atoms with van der Waals surface area (Å²) in [7, 11) is 0. The summed E-state index contributed by atoms with van der Waals surface area (Å²) in [5, 5.41) is 12.6. The Morgan fingerprint density at radius 1 is 1.50 bits per heavy atom. The van der Waals surface area contributed by atoms with Gasteiger partial charge in [0, 0.05) is 24.4 Å². The van der Waals surface area contributed by atoms with Gasteiger partial charge in [-0.2, -0.15) is 23.5 Å². The second kappa shape index (κ2) is 7.85. The Hall–Kier alpha value is 0.620. The van der Waals surface area contributed by atoms with E-state index in [1.54, 1.807) is 0 Å². The molecule has 0 aromatic heterocycles. The van der Waals surface area contributed by atoms with Crippen LogP contribution in [0.15, 0.2) is 0 Å². The highest BCUT2D eigenvalue weighted by molar-refractivity contribution is 7.99. The molecule has 84 valence electrons. The molecule has 14 heavy (non-hydrogen) atoms. The molecule has 0 spiro atoms. The van der Waals surface area contributed by atoms with Crippen LogP contribution in [0.3, 0.4) is 0 Å². The molecular weight excluding hydrogens is 214 g/mol. The summed E-state index contributed by atoms with van der Waals surface area (Å²) < 4.78 is 0. The minimum absolute atomic E-state index is 0.305. The van der Waals surface area contributed by atoms with Gasteiger partial charge in [0.15, 0.2) is 0 Å². The van der Waals surface area contributed by atoms with Crippen molar-refractivity contribution in [3.05, 3.63) is 0 Å². The number of aliphatic hydroxyl groups excluding tert-OH is 1. The summed E-state index contributed by atoms with van der Waals surface area (Å²) in [5.74, 6) is 3.70. The van der Waals surface area contributed by atoms with Gasteiger partial charge in [-0.05, 0) is 37.0 Å². The summed E-state index contributed by atoms with van der Waals surface area (Å²) >= 11 is 3.92. The zero-order chi connectivity index (χ0) is 10.2. The third-order valence-corrected chi connectivity index (χ3v) is 4.32. The average Bonchev–Trinajstić information content (AvgIpc) is 2.20. The molecular formula is C10H21NOS2. The van der Waals surface area contributed by atoms with Crippen molar-refractivity contribution in [2.24, 2.45) is 0 Å². The maximum atomic E-state index is 8.94. The molecule has 1 aliphatic heterocycles. The van der Waals surface area contributed by atoms with E-state index in [0.29, 0.717) is 18.7 Å². The molecule has 0 aromatic rings. The van der Waals surface area contributed by atoms with E-state index in [4.69, 9.17) is 5.11 Å². The number of hydrogen-bond acceptors (Lipinski definition) is 4. The molecule has 1 unspecified atom stereocenters. The summed E-state index contributed by atoms with van der Waals surface area (Å²) in [6.45, 7) is 0.305. The Labute approximate surface area is 95.6 Å². The standard InChI is InChI=1S/C10H21NOS2/c1-13-8-10(2-5-12)11-9-3-6-14-7-4-9/h9-12H,2-8H2,1H3. The molecule has 4 heteroatoms. The van der Waals surface area contributed by atoms with Crippen LogP contribution in [-0.4, -0.2) is 47.3 Å². The van der Waals surface area contributed by atoms with E-state index in [1.807, 2.05) is 11.8 Å². The minimum Gasteiger partial charge on any atom is -0.396 e.